The summed E-state index contributed by atoms with van der Waals surface area (Å²) in [7, 11) is 0. The largest absolute Gasteiger partial charge is 0.456 e. The number of rotatable bonds is 2. The Kier molecular flexibility index (Phi) is 4.51. The van der Waals surface area contributed by atoms with Gasteiger partial charge in [0.1, 0.15) is 11.2 Å². The Morgan fingerprint density at radius 1 is 0.302 bits per heavy atom. The third-order valence-corrected chi connectivity index (χ3v) is 9.41. The molecular formula is C42H24O. The van der Waals surface area contributed by atoms with E-state index in [1.165, 1.54) is 76.8 Å². The molecule has 0 bridgehead atoms. The van der Waals surface area contributed by atoms with E-state index in [0.29, 0.717) is 0 Å². The maximum atomic E-state index is 6.60. The molecule has 1 heterocycles. The predicted molar refractivity (Wildman–Crippen MR) is 182 cm³/mol. The van der Waals surface area contributed by atoms with Crippen molar-refractivity contribution in [3.63, 3.8) is 0 Å². The van der Waals surface area contributed by atoms with Gasteiger partial charge in [-0.3, -0.25) is 0 Å². The van der Waals surface area contributed by atoms with Crippen LogP contribution in [0.5, 0.6) is 0 Å². The van der Waals surface area contributed by atoms with Crippen LogP contribution >= 0.6 is 0 Å². The van der Waals surface area contributed by atoms with Crippen molar-refractivity contribution < 1.29 is 4.42 Å². The SMILES string of the molecule is c1ccc2c(c1)-c1cccc3c(-c4ccc5c(c4)oc4cc(-c6cc7ccccc7c7ccccc67)ccc45)ccc-2c13. The molecule has 0 radical (unpaired) electrons. The van der Waals surface area contributed by atoms with E-state index >= 15 is 0 Å². The zero-order valence-electron chi connectivity index (χ0n) is 23.3. The summed E-state index contributed by atoms with van der Waals surface area (Å²) in [4.78, 5) is 0. The van der Waals surface area contributed by atoms with Gasteiger partial charge in [-0.1, -0.05) is 115 Å². The Labute approximate surface area is 248 Å². The van der Waals surface area contributed by atoms with Gasteiger partial charge in [0.25, 0.3) is 0 Å². The molecule has 198 valence electrons. The van der Waals surface area contributed by atoms with Gasteiger partial charge in [0, 0.05) is 10.8 Å². The van der Waals surface area contributed by atoms with Crippen LogP contribution in [0.25, 0.3) is 98.8 Å². The Morgan fingerprint density at radius 2 is 0.860 bits per heavy atom. The van der Waals surface area contributed by atoms with E-state index in [1.54, 1.807) is 0 Å². The number of furan rings is 1. The van der Waals surface area contributed by atoms with Gasteiger partial charge in [-0.25, -0.2) is 0 Å². The quantitative estimate of drug-likeness (QED) is 0.197. The average molecular weight is 545 g/mol. The molecule has 43 heavy (non-hydrogen) atoms. The first kappa shape index (κ1) is 23.0. The highest BCUT2D eigenvalue weighted by Crippen LogP contribution is 2.49. The fourth-order valence-corrected chi connectivity index (χ4v) is 7.47. The highest BCUT2D eigenvalue weighted by atomic mass is 16.3. The highest BCUT2D eigenvalue weighted by Gasteiger charge is 2.22. The summed E-state index contributed by atoms with van der Waals surface area (Å²) in [5.74, 6) is 0. The Hall–Kier alpha value is -5.66. The van der Waals surface area contributed by atoms with Gasteiger partial charge in [0.15, 0.2) is 0 Å². The summed E-state index contributed by atoms with van der Waals surface area (Å²) in [5, 5.41) is 9.99. The third-order valence-electron chi connectivity index (χ3n) is 9.41. The molecule has 0 saturated heterocycles. The topological polar surface area (TPSA) is 13.1 Å². The molecule has 0 fully saturated rings. The molecule has 10 rings (SSSR count). The second-order valence-electron chi connectivity index (χ2n) is 11.6. The molecular weight excluding hydrogens is 520 g/mol. The van der Waals surface area contributed by atoms with Crippen LogP contribution < -0.4 is 0 Å². The van der Waals surface area contributed by atoms with Gasteiger partial charge in [0.05, 0.1) is 0 Å². The monoisotopic (exact) mass is 544 g/mol. The lowest BCUT2D eigenvalue weighted by atomic mass is 9.92. The lowest BCUT2D eigenvalue weighted by Crippen LogP contribution is -1.84. The smallest absolute Gasteiger partial charge is 0.136 e. The van der Waals surface area contributed by atoms with E-state index in [9.17, 15) is 0 Å². The molecule has 1 aromatic heterocycles. The summed E-state index contributed by atoms with van der Waals surface area (Å²) in [5.41, 5.74) is 11.9. The molecule has 8 aromatic carbocycles. The first-order chi connectivity index (χ1) is 21.3. The number of hydrogen-bond acceptors (Lipinski definition) is 1. The van der Waals surface area contributed by atoms with Crippen molar-refractivity contribution >= 4 is 54.3 Å². The fraction of sp³-hybridized carbons (Fsp3) is 0. The van der Waals surface area contributed by atoms with Crippen LogP contribution in [0.15, 0.2) is 150 Å². The molecule has 1 heteroatoms. The summed E-state index contributed by atoms with van der Waals surface area (Å²) in [6, 6.07) is 53.0. The summed E-state index contributed by atoms with van der Waals surface area (Å²) >= 11 is 0. The van der Waals surface area contributed by atoms with E-state index in [4.69, 9.17) is 4.42 Å². The van der Waals surface area contributed by atoms with Crippen LogP contribution in [-0.2, 0) is 0 Å². The standard InChI is InChI=1S/C42H24O/c1-2-9-28-25(8-1)22-39(33-13-6-3-10-30(28)33)27-17-19-35-34-18-16-26(23-40(34)43-41(35)24-27)29-20-21-38-32-12-5-4-11-31(32)37-15-7-14-36(29)42(37)38/h1-24H. The van der Waals surface area contributed by atoms with Crippen LogP contribution in [0, 0.1) is 0 Å². The normalized spacial score (nSPS) is 12.2. The maximum Gasteiger partial charge on any atom is 0.136 e. The molecule has 0 atom stereocenters. The van der Waals surface area contributed by atoms with Gasteiger partial charge in [0.2, 0.25) is 0 Å². The van der Waals surface area contributed by atoms with Crippen molar-refractivity contribution in [1.29, 1.82) is 0 Å². The number of fused-ring (bicyclic) bond motifs is 9. The number of benzene rings is 8. The van der Waals surface area contributed by atoms with Gasteiger partial charge < -0.3 is 4.42 Å². The van der Waals surface area contributed by atoms with Crippen molar-refractivity contribution in [3.8, 4) is 44.5 Å². The second kappa shape index (κ2) is 8.44. The molecule has 9 aromatic rings. The van der Waals surface area contributed by atoms with Crippen molar-refractivity contribution in [3.05, 3.63) is 146 Å². The zero-order valence-corrected chi connectivity index (χ0v) is 23.3. The van der Waals surface area contributed by atoms with Crippen LogP contribution in [0.4, 0.5) is 0 Å². The Morgan fingerprint density at radius 3 is 1.63 bits per heavy atom. The second-order valence-corrected chi connectivity index (χ2v) is 11.6. The van der Waals surface area contributed by atoms with E-state index in [2.05, 4.69) is 146 Å². The predicted octanol–water partition coefficient (Wildman–Crippen LogP) is 12.0. The van der Waals surface area contributed by atoms with Crippen molar-refractivity contribution in [2.45, 2.75) is 0 Å². The molecule has 0 N–H and O–H groups in total. The minimum atomic E-state index is 0.915. The third kappa shape index (κ3) is 3.17. The highest BCUT2D eigenvalue weighted by molar-refractivity contribution is 6.19. The van der Waals surface area contributed by atoms with Crippen molar-refractivity contribution in [2.24, 2.45) is 0 Å². The van der Waals surface area contributed by atoms with Crippen LogP contribution in [0.1, 0.15) is 0 Å². The summed E-state index contributed by atoms with van der Waals surface area (Å²) in [6.07, 6.45) is 0. The maximum absolute atomic E-state index is 6.60. The van der Waals surface area contributed by atoms with E-state index in [1.807, 2.05) is 0 Å². The molecule has 0 aliphatic heterocycles. The van der Waals surface area contributed by atoms with Gasteiger partial charge in [-0.05, 0) is 107 Å². The lowest BCUT2D eigenvalue weighted by Gasteiger charge is -2.11. The fourth-order valence-electron chi connectivity index (χ4n) is 7.47. The minimum absolute atomic E-state index is 0.915. The molecule has 0 amide bonds. The van der Waals surface area contributed by atoms with E-state index in [-0.39, 0.29) is 0 Å². The summed E-state index contributed by atoms with van der Waals surface area (Å²) < 4.78 is 6.60. The molecule has 1 aliphatic carbocycles. The molecule has 1 nitrogen and oxygen atoms in total. The van der Waals surface area contributed by atoms with Gasteiger partial charge in [-0.15, -0.1) is 0 Å². The van der Waals surface area contributed by atoms with Gasteiger partial charge in [-0.2, -0.15) is 0 Å². The molecule has 0 saturated carbocycles. The Balaban J connectivity index is 1.14. The van der Waals surface area contributed by atoms with Crippen LogP contribution in [0.2, 0.25) is 0 Å². The molecule has 0 spiro atoms. The first-order valence-electron chi connectivity index (χ1n) is 14.8. The summed E-state index contributed by atoms with van der Waals surface area (Å²) in [6.45, 7) is 0. The molecule has 0 unspecified atom stereocenters. The van der Waals surface area contributed by atoms with Gasteiger partial charge >= 0.3 is 0 Å². The van der Waals surface area contributed by atoms with E-state index in [0.717, 1.165) is 21.9 Å². The first-order valence-corrected chi connectivity index (χ1v) is 14.8. The van der Waals surface area contributed by atoms with Crippen molar-refractivity contribution in [1.82, 2.24) is 0 Å². The van der Waals surface area contributed by atoms with Crippen molar-refractivity contribution in [2.75, 3.05) is 0 Å². The Bertz CT molecular complexity index is 2590. The zero-order chi connectivity index (χ0) is 28.1. The average Bonchev–Trinajstić information content (AvgIpc) is 3.60. The number of hydrogen-bond donors (Lipinski definition) is 0. The van der Waals surface area contributed by atoms with E-state index < -0.39 is 0 Å². The minimum Gasteiger partial charge on any atom is -0.456 e. The van der Waals surface area contributed by atoms with Crippen LogP contribution in [0.3, 0.4) is 0 Å². The lowest BCUT2D eigenvalue weighted by molar-refractivity contribution is 0.669. The molecule has 1 aliphatic rings. The van der Waals surface area contributed by atoms with Crippen LogP contribution in [-0.4, -0.2) is 0 Å².